The van der Waals surface area contributed by atoms with Crippen molar-refractivity contribution in [1.82, 2.24) is 0 Å². The van der Waals surface area contributed by atoms with Crippen molar-refractivity contribution < 1.29 is 10.2 Å². The van der Waals surface area contributed by atoms with Gasteiger partial charge in [-0.2, -0.15) is 0 Å². The molecule has 262 valence electrons. The van der Waals surface area contributed by atoms with E-state index in [1.54, 1.807) is 0 Å². The molecule has 2 N–H and O–H groups in total. The van der Waals surface area contributed by atoms with Gasteiger partial charge >= 0.3 is 0 Å². The standard InChI is InChI=1S/C48H58O2/c1-19(2)36-41-30(14)31(15)47(49)45(41)37(20(3)4)44-32(16)40(48(50)46(36)44)35-18-34(24(8)25(35)9)39-27(11)29(13)42-38(26(10)28(12)43(39)42)33-17-21(5)22(6)23(33)7/h19-20,26-27,47-50H,12-13,17-18H2,1-11,14-16H3. The molecule has 4 atom stereocenters. The van der Waals surface area contributed by atoms with E-state index in [1.807, 2.05) is 0 Å². The summed E-state index contributed by atoms with van der Waals surface area (Å²) in [5.74, 6) is 0.876. The van der Waals surface area contributed by atoms with Gasteiger partial charge in [0, 0.05) is 11.8 Å². The molecule has 2 heteroatoms. The first-order valence-corrected chi connectivity index (χ1v) is 19.0. The molecule has 0 radical (unpaired) electrons. The minimum atomic E-state index is -0.707. The average Bonchev–Trinajstić information content (AvgIpc) is 3.79. The Kier molecular flexibility index (Phi) is 8.06. The summed E-state index contributed by atoms with van der Waals surface area (Å²) in [7, 11) is 0. The monoisotopic (exact) mass is 666 g/mol. The number of hydrogen-bond donors (Lipinski definition) is 2. The van der Waals surface area contributed by atoms with Crippen molar-refractivity contribution >= 4 is 11.1 Å². The molecular formula is C48H58O2. The van der Waals surface area contributed by atoms with E-state index in [2.05, 4.69) is 96.9 Å². The van der Waals surface area contributed by atoms with Crippen LogP contribution < -0.4 is 0 Å². The Morgan fingerprint density at radius 2 is 0.920 bits per heavy atom. The first kappa shape index (κ1) is 35.0. The molecule has 0 heterocycles. The molecule has 1 aromatic carbocycles. The number of hydrogen-bond acceptors (Lipinski definition) is 2. The van der Waals surface area contributed by atoms with Crippen molar-refractivity contribution in [3.8, 4) is 0 Å². The lowest BCUT2D eigenvalue weighted by atomic mass is 9.78. The lowest BCUT2D eigenvalue weighted by molar-refractivity contribution is 0.215. The maximum absolute atomic E-state index is 12.6. The van der Waals surface area contributed by atoms with Crippen LogP contribution in [-0.4, -0.2) is 10.2 Å². The van der Waals surface area contributed by atoms with Crippen molar-refractivity contribution in [1.29, 1.82) is 0 Å². The second-order valence-corrected chi connectivity index (χ2v) is 17.0. The van der Waals surface area contributed by atoms with Crippen molar-refractivity contribution in [2.75, 3.05) is 0 Å². The predicted molar refractivity (Wildman–Crippen MR) is 212 cm³/mol. The molecular weight excluding hydrogens is 609 g/mol. The lowest BCUT2D eigenvalue weighted by Gasteiger charge is -2.27. The van der Waals surface area contributed by atoms with E-state index in [-0.39, 0.29) is 23.7 Å². The summed E-state index contributed by atoms with van der Waals surface area (Å²) >= 11 is 0. The third-order valence-corrected chi connectivity index (χ3v) is 14.0. The highest BCUT2D eigenvalue weighted by molar-refractivity contribution is 5.91. The number of benzene rings is 1. The van der Waals surface area contributed by atoms with Crippen LogP contribution in [0.3, 0.4) is 0 Å². The Bertz CT molecular complexity index is 2150. The van der Waals surface area contributed by atoms with E-state index in [1.165, 1.54) is 106 Å². The van der Waals surface area contributed by atoms with Gasteiger partial charge in [-0.1, -0.05) is 60.3 Å². The third-order valence-electron chi connectivity index (χ3n) is 14.0. The Hall–Kier alpha value is -3.46. The molecule has 0 bridgehead atoms. The fourth-order valence-corrected chi connectivity index (χ4v) is 10.7. The van der Waals surface area contributed by atoms with Gasteiger partial charge in [0.1, 0.15) is 12.2 Å². The van der Waals surface area contributed by atoms with Gasteiger partial charge in [0.05, 0.1) is 0 Å². The largest absolute Gasteiger partial charge is 0.384 e. The van der Waals surface area contributed by atoms with Crippen LogP contribution >= 0.6 is 0 Å². The van der Waals surface area contributed by atoms with Crippen LogP contribution in [0.4, 0.5) is 0 Å². The number of allylic oxidation sites excluding steroid dienone is 15. The molecule has 7 rings (SSSR count). The quantitative estimate of drug-likeness (QED) is 0.328. The van der Waals surface area contributed by atoms with E-state index in [4.69, 9.17) is 13.2 Å². The number of aliphatic hydroxyl groups excluding tert-OH is 2. The van der Waals surface area contributed by atoms with E-state index in [0.717, 1.165) is 40.7 Å². The fraction of sp³-hybridized carbons (Fsp3) is 0.458. The maximum atomic E-state index is 12.6. The van der Waals surface area contributed by atoms with Crippen LogP contribution in [0.1, 0.15) is 167 Å². The van der Waals surface area contributed by atoms with Gasteiger partial charge in [-0.05, 0) is 208 Å². The molecule has 0 spiro atoms. The van der Waals surface area contributed by atoms with Crippen LogP contribution in [0.25, 0.3) is 11.1 Å². The number of fused-ring (bicyclic) bond motifs is 3. The number of aliphatic hydroxyl groups is 2. The van der Waals surface area contributed by atoms with E-state index < -0.39 is 12.2 Å². The highest BCUT2D eigenvalue weighted by atomic mass is 16.3. The molecule has 6 aliphatic rings. The van der Waals surface area contributed by atoms with Gasteiger partial charge in [-0.25, -0.2) is 0 Å². The fourth-order valence-electron chi connectivity index (χ4n) is 10.7. The molecule has 0 saturated heterocycles. The molecule has 50 heavy (non-hydrogen) atoms. The summed E-state index contributed by atoms with van der Waals surface area (Å²) in [6.07, 6.45) is 0.505. The topological polar surface area (TPSA) is 40.5 Å². The molecule has 4 unspecified atom stereocenters. The zero-order valence-electron chi connectivity index (χ0n) is 33.2. The molecule has 6 aliphatic carbocycles. The van der Waals surface area contributed by atoms with E-state index in [9.17, 15) is 10.2 Å². The first-order chi connectivity index (χ1) is 23.4. The summed E-state index contributed by atoms with van der Waals surface area (Å²) < 4.78 is 0. The Morgan fingerprint density at radius 3 is 1.36 bits per heavy atom. The van der Waals surface area contributed by atoms with Gasteiger partial charge in [-0.15, -0.1) is 0 Å². The molecule has 0 saturated carbocycles. The van der Waals surface area contributed by atoms with Gasteiger partial charge < -0.3 is 10.2 Å². The molecule has 0 aromatic heterocycles. The summed E-state index contributed by atoms with van der Waals surface area (Å²) in [6.45, 7) is 41.0. The third kappa shape index (κ3) is 4.27. The van der Waals surface area contributed by atoms with E-state index in [0.29, 0.717) is 0 Å². The summed E-state index contributed by atoms with van der Waals surface area (Å²) in [5, 5.41) is 24.3. The Morgan fingerprint density at radius 1 is 0.520 bits per heavy atom. The highest BCUT2D eigenvalue weighted by Crippen LogP contribution is 2.62. The van der Waals surface area contributed by atoms with Gasteiger partial charge in [-0.3, -0.25) is 0 Å². The predicted octanol–water partition coefficient (Wildman–Crippen LogP) is 12.7. The summed E-state index contributed by atoms with van der Waals surface area (Å²) in [6, 6.07) is 0. The lowest BCUT2D eigenvalue weighted by Crippen LogP contribution is -2.13. The minimum absolute atomic E-state index is 0.205. The maximum Gasteiger partial charge on any atom is 0.106 e. The smallest absolute Gasteiger partial charge is 0.106 e. The highest BCUT2D eigenvalue weighted by Gasteiger charge is 2.46. The van der Waals surface area contributed by atoms with Crippen molar-refractivity contribution in [2.24, 2.45) is 11.8 Å². The van der Waals surface area contributed by atoms with Crippen LogP contribution in [0.2, 0.25) is 0 Å². The summed E-state index contributed by atoms with van der Waals surface area (Å²) in [5.41, 5.74) is 30.4. The Balaban J connectivity index is 1.38. The molecule has 1 aromatic rings. The zero-order chi connectivity index (χ0) is 36.7. The van der Waals surface area contributed by atoms with Crippen molar-refractivity contribution in [2.45, 2.75) is 134 Å². The van der Waals surface area contributed by atoms with Gasteiger partial charge in [0.25, 0.3) is 0 Å². The second kappa shape index (κ2) is 11.5. The van der Waals surface area contributed by atoms with Crippen LogP contribution in [-0.2, 0) is 0 Å². The average molecular weight is 667 g/mol. The normalized spacial score (nSPS) is 26.8. The first-order valence-electron chi connectivity index (χ1n) is 19.0. The molecule has 0 aliphatic heterocycles. The molecule has 0 fully saturated rings. The SMILES string of the molecule is C=C1C2=C(C3=C(C)C(C)=C(C4=C(C)c5c(C(C)C)c6c(c(C(C)C)c5C4O)C(C)=C(C)C6O)C3)C(C)C(=C)C2=C(C2=C(C)C(C)=C(C)C2)C1C. The zero-order valence-corrected chi connectivity index (χ0v) is 33.2. The Labute approximate surface area is 301 Å². The minimum Gasteiger partial charge on any atom is -0.384 e. The van der Waals surface area contributed by atoms with Crippen LogP contribution in [0, 0.1) is 11.8 Å². The van der Waals surface area contributed by atoms with Gasteiger partial charge in [0.15, 0.2) is 0 Å². The molecule has 2 nitrogen and oxygen atoms in total. The van der Waals surface area contributed by atoms with Gasteiger partial charge in [0.2, 0.25) is 0 Å². The number of rotatable bonds is 5. The summed E-state index contributed by atoms with van der Waals surface area (Å²) in [4.78, 5) is 0. The van der Waals surface area contributed by atoms with Crippen molar-refractivity contribution in [3.05, 3.63) is 136 Å². The van der Waals surface area contributed by atoms with E-state index >= 15 is 0 Å². The van der Waals surface area contributed by atoms with Crippen molar-refractivity contribution in [3.63, 3.8) is 0 Å². The molecule has 0 amide bonds. The van der Waals surface area contributed by atoms with Crippen LogP contribution in [0.15, 0.2) is 102 Å². The second-order valence-electron chi connectivity index (χ2n) is 17.0. The van der Waals surface area contributed by atoms with Crippen LogP contribution in [0.5, 0.6) is 0 Å².